The van der Waals surface area contributed by atoms with Gasteiger partial charge in [0.25, 0.3) is 0 Å². The number of rotatable bonds is 1. The minimum absolute atomic E-state index is 0.293. The van der Waals surface area contributed by atoms with Crippen molar-refractivity contribution >= 4 is 16.7 Å². The van der Waals surface area contributed by atoms with Crippen molar-refractivity contribution in [3.8, 4) is 0 Å². The fraction of sp³-hybridized carbons (Fsp3) is 0.100. The Morgan fingerprint density at radius 2 is 2.29 bits per heavy atom. The topological polar surface area (TPSA) is 37.8 Å². The van der Waals surface area contributed by atoms with E-state index in [4.69, 9.17) is 0 Å². The van der Waals surface area contributed by atoms with Crippen LogP contribution in [0.3, 0.4) is 0 Å². The van der Waals surface area contributed by atoms with Crippen molar-refractivity contribution < 1.29 is 4.39 Å². The molecule has 1 heterocycles. The molecule has 0 fully saturated rings. The zero-order valence-corrected chi connectivity index (χ0v) is 7.67. The van der Waals surface area contributed by atoms with Crippen LogP contribution < -0.4 is 5.69 Å². The van der Waals surface area contributed by atoms with Crippen LogP contribution in [0.5, 0.6) is 0 Å². The van der Waals surface area contributed by atoms with Gasteiger partial charge in [-0.15, -0.1) is 0 Å². The van der Waals surface area contributed by atoms with Crippen LogP contribution in [0.4, 0.5) is 4.39 Å². The first kappa shape index (κ1) is 8.74. The van der Waals surface area contributed by atoms with Crippen molar-refractivity contribution in [1.82, 2.24) is 9.55 Å². The van der Waals surface area contributed by atoms with Crippen molar-refractivity contribution in [2.45, 2.75) is 6.92 Å². The van der Waals surface area contributed by atoms with Gasteiger partial charge < -0.3 is 4.98 Å². The van der Waals surface area contributed by atoms with Crippen LogP contribution >= 0.6 is 0 Å². The van der Waals surface area contributed by atoms with Crippen molar-refractivity contribution in [1.29, 1.82) is 0 Å². The summed E-state index contributed by atoms with van der Waals surface area (Å²) >= 11 is 0. The third kappa shape index (κ3) is 1.16. The quantitative estimate of drug-likeness (QED) is 0.736. The van der Waals surface area contributed by atoms with Crippen molar-refractivity contribution in [2.24, 2.45) is 0 Å². The fourth-order valence-electron chi connectivity index (χ4n) is 1.45. The number of benzene rings is 1. The normalized spacial score (nSPS) is 10.7. The maximum atomic E-state index is 12.9. The van der Waals surface area contributed by atoms with E-state index < -0.39 is 0 Å². The molecule has 0 unspecified atom stereocenters. The Morgan fingerprint density at radius 3 is 2.93 bits per heavy atom. The summed E-state index contributed by atoms with van der Waals surface area (Å²) in [5.74, 6) is -0.369. The highest BCUT2D eigenvalue weighted by Crippen LogP contribution is 2.14. The lowest BCUT2D eigenvalue weighted by Gasteiger charge is -1.99. The Bertz CT molecular complexity index is 565. The third-order valence-corrected chi connectivity index (χ3v) is 2.03. The molecule has 72 valence electrons. The highest BCUT2D eigenvalue weighted by molar-refractivity contribution is 5.78. The van der Waals surface area contributed by atoms with E-state index in [1.54, 1.807) is 6.92 Å². The second-order valence-electron chi connectivity index (χ2n) is 3.16. The molecule has 0 saturated heterocycles. The minimum atomic E-state index is -0.369. The molecule has 2 rings (SSSR count). The van der Waals surface area contributed by atoms with Gasteiger partial charge in [-0.3, -0.25) is 4.57 Å². The second kappa shape index (κ2) is 2.83. The molecule has 14 heavy (non-hydrogen) atoms. The highest BCUT2D eigenvalue weighted by Gasteiger charge is 2.07. The van der Waals surface area contributed by atoms with Gasteiger partial charge in [-0.2, -0.15) is 0 Å². The number of hydrogen-bond acceptors (Lipinski definition) is 1. The van der Waals surface area contributed by atoms with E-state index in [1.807, 2.05) is 0 Å². The van der Waals surface area contributed by atoms with Crippen molar-refractivity contribution in [3.63, 3.8) is 0 Å². The van der Waals surface area contributed by atoms with Gasteiger partial charge in [-0.05, 0) is 19.1 Å². The summed E-state index contributed by atoms with van der Waals surface area (Å²) in [6.45, 7) is 5.35. The Labute approximate surface area is 79.5 Å². The molecule has 0 amide bonds. The van der Waals surface area contributed by atoms with E-state index in [0.29, 0.717) is 16.7 Å². The number of halogens is 1. The summed E-state index contributed by atoms with van der Waals surface area (Å²) in [7, 11) is 0. The van der Waals surface area contributed by atoms with Crippen LogP contribution in [0.1, 0.15) is 6.92 Å². The number of H-pyrrole nitrogens is 1. The summed E-state index contributed by atoms with van der Waals surface area (Å²) in [5, 5.41) is 0. The standard InChI is InChI=1S/C10H9FN2O/c1-6(2)13-9-5-7(11)3-4-8(9)12-10(13)14/h3-5H,1H2,2H3,(H,12,14). The van der Waals surface area contributed by atoms with Gasteiger partial charge in [0.05, 0.1) is 11.0 Å². The van der Waals surface area contributed by atoms with Gasteiger partial charge in [-0.1, -0.05) is 6.58 Å². The van der Waals surface area contributed by atoms with Gasteiger partial charge in [0.1, 0.15) is 5.82 Å². The predicted octanol–water partition coefficient (Wildman–Crippen LogP) is 1.96. The highest BCUT2D eigenvalue weighted by atomic mass is 19.1. The number of allylic oxidation sites excluding steroid dienone is 1. The SMILES string of the molecule is C=C(C)n1c(=O)[nH]c2ccc(F)cc21. The largest absolute Gasteiger partial charge is 0.330 e. The number of aromatic amines is 1. The smallest absolute Gasteiger partial charge is 0.305 e. The van der Waals surface area contributed by atoms with Gasteiger partial charge in [0.15, 0.2) is 0 Å². The van der Waals surface area contributed by atoms with E-state index in [1.165, 1.54) is 22.8 Å². The lowest BCUT2D eigenvalue weighted by atomic mass is 10.3. The summed E-state index contributed by atoms with van der Waals surface area (Å²) in [6.07, 6.45) is 0. The van der Waals surface area contributed by atoms with Crippen LogP contribution in [0.25, 0.3) is 16.7 Å². The molecular weight excluding hydrogens is 183 g/mol. The van der Waals surface area contributed by atoms with Crippen LogP contribution in [-0.4, -0.2) is 9.55 Å². The molecule has 0 bridgehead atoms. The molecule has 4 heteroatoms. The van der Waals surface area contributed by atoms with Crippen LogP contribution in [-0.2, 0) is 0 Å². The van der Waals surface area contributed by atoms with E-state index in [-0.39, 0.29) is 11.5 Å². The number of fused-ring (bicyclic) bond motifs is 1. The zero-order chi connectivity index (χ0) is 10.3. The molecule has 0 aliphatic heterocycles. The number of nitrogens with zero attached hydrogens (tertiary/aromatic N) is 1. The van der Waals surface area contributed by atoms with E-state index in [2.05, 4.69) is 11.6 Å². The average molecular weight is 192 g/mol. The van der Waals surface area contributed by atoms with Crippen LogP contribution in [0, 0.1) is 5.82 Å². The molecule has 0 saturated carbocycles. The molecular formula is C10H9FN2O. The molecule has 1 N–H and O–H groups in total. The first-order valence-electron chi connectivity index (χ1n) is 4.16. The molecule has 0 atom stereocenters. The van der Waals surface area contributed by atoms with Crippen molar-refractivity contribution in [3.05, 3.63) is 41.1 Å². The van der Waals surface area contributed by atoms with Crippen LogP contribution in [0.15, 0.2) is 29.6 Å². The van der Waals surface area contributed by atoms with Gasteiger partial charge in [0.2, 0.25) is 0 Å². The lowest BCUT2D eigenvalue weighted by molar-refractivity contribution is 0.629. The molecule has 1 aromatic carbocycles. The molecule has 1 aromatic heterocycles. The summed E-state index contributed by atoms with van der Waals surface area (Å²) in [6, 6.07) is 4.15. The Balaban J connectivity index is 2.93. The molecule has 0 spiro atoms. The van der Waals surface area contributed by atoms with Crippen LogP contribution in [0.2, 0.25) is 0 Å². The zero-order valence-electron chi connectivity index (χ0n) is 7.67. The molecule has 2 aromatic rings. The van der Waals surface area contributed by atoms with E-state index in [9.17, 15) is 9.18 Å². The van der Waals surface area contributed by atoms with Gasteiger partial charge in [-0.25, -0.2) is 9.18 Å². The van der Waals surface area contributed by atoms with E-state index in [0.717, 1.165) is 0 Å². The number of hydrogen-bond donors (Lipinski definition) is 1. The average Bonchev–Trinajstić information content (AvgIpc) is 2.40. The van der Waals surface area contributed by atoms with Crippen molar-refractivity contribution in [2.75, 3.05) is 0 Å². The molecule has 0 radical (unpaired) electrons. The van der Waals surface area contributed by atoms with Gasteiger partial charge in [0, 0.05) is 11.8 Å². The monoisotopic (exact) mass is 192 g/mol. The number of imidazole rings is 1. The third-order valence-electron chi connectivity index (χ3n) is 2.03. The first-order chi connectivity index (χ1) is 6.59. The Hall–Kier alpha value is -1.84. The maximum absolute atomic E-state index is 12.9. The number of nitrogens with one attached hydrogen (secondary N) is 1. The Kier molecular flexibility index (Phi) is 1.77. The summed E-state index contributed by atoms with van der Waals surface area (Å²) < 4.78 is 14.3. The predicted molar refractivity (Wildman–Crippen MR) is 53.5 cm³/mol. The van der Waals surface area contributed by atoms with E-state index >= 15 is 0 Å². The lowest BCUT2D eigenvalue weighted by Crippen LogP contribution is -2.13. The summed E-state index contributed by atoms with van der Waals surface area (Å²) in [4.78, 5) is 14.0. The number of aromatic nitrogens is 2. The molecule has 0 aliphatic carbocycles. The second-order valence-corrected chi connectivity index (χ2v) is 3.16. The fourth-order valence-corrected chi connectivity index (χ4v) is 1.45. The molecule has 0 aliphatic rings. The first-order valence-corrected chi connectivity index (χ1v) is 4.16. The maximum Gasteiger partial charge on any atom is 0.330 e. The Morgan fingerprint density at radius 1 is 1.57 bits per heavy atom. The minimum Gasteiger partial charge on any atom is -0.305 e. The summed E-state index contributed by atoms with van der Waals surface area (Å²) in [5.41, 5.74) is 1.40. The van der Waals surface area contributed by atoms with Gasteiger partial charge >= 0.3 is 5.69 Å². The molecule has 3 nitrogen and oxygen atoms in total.